The number of nitrogen functional groups attached to an aromatic ring is 1. The molecule has 2 rings (SSSR count). The number of anilines is 2. The number of nitrogens with two attached hydrogens (primary N) is 1. The van der Waals surface area contributed by atoms with Gasteiger partial charge < -0.3 is 10.6 Å². The van der Waals surface area contributed by atoms with E-state index < -0.39 is 0 Å². The van der Waals surface area contributed by atoms with Crippen molar-refractivity contribution >= 4 is 11.4 Å². The predicted molar refractivity (Wildman–Crippen MR) is 52.5 cm³/mol. The Kier molecular flexibility index (Phi) is 2.08. The summed E-state index contributed by atoms with van der Waals surface area (Å²) in [5, 5.41) is 0. The lowest BCUT2D eigenvalue weighted by atomic mass is 10.0. The van der Waals surface area contributed by atoms with Gasteiger partial charge in [-0.2, -0.15) is 0 Å². The molecular formula is C10H13FN2. The monoisotopic (exact) mass is 180 g/mol. The van der Waals surface area contributed by atoms with E-state index in [1.54, 1.807) is 0 Å². The molecule has 1 saturated heterocycles. The molecule has 0 unspecified atom stereocenters. The van der Waals surface area contributed by atoms with Crippen LogP contribution in [0.15, 0.2) is 24.3 Å². The summed E-state index contributed by atoms with van der Waals surface area (Å²) in [7, 11) is 0. The maximum atomic E-state index is 12.2. The summed E-state index contributed by atoms with van der Waals surface area (Å²) in [6.45, 7) is 1.37. The lowest BCUT2D eigenvalue weighted by molar-refractivity contribution is 0.306. The number of hydrogen-bond donors (Lipinski definition) is 1. The van der Waals surface area contributed by atoms with Gasteiger partial charge in [-0.25, -0.2) is 0 Å². The molecule has 0 aliphatic carbocycles. The zero-order chi connectivity index (χ0) is 9.26. The van der Waals surface area contributed by atoms with Crippen molar-refractivity contribution in [3.05, 3.63) is 24.3 Å². The first kappa shape index (κ1) is 8.35. The van der Waals surface area contributed by atoms with Gasteiger partial charge in [0.2, 0.25) is 0 Å². The normalized spacial score (nSPS) is 17.2. The Labute approximate surface area is 77.2 Å². The van der Waals surface area contributed by atoms with Gasteiger partial charge in [0.25, 0.3) is 0 Å². The fourth-order valence-electron chi connectivity index (χ4n) is 1.64. The zero-order valence-electron chi connectivity index (χ0n) is 7.41. The molecule has 2 N–H and O–H groups in total. The van der Waals surface area contributed by atoms with Crippen LogP contribution in [-0.4, -0.2) is 19.8 Å². The third-order valence-electron chi connectivity index (χ3n) is 2.45. The molecular weight excluding hydrogens is 167 g/mol. The number of nitrogens with zero attached hydrogens (tertiary/aromatic N) is 1. The van der Waals surface area contributed by atoms with Crippen molar-refractivity contribution < 1.29 is 4.39 Å². The highest BCUT2D eigenvalue weighted by Crippen LogP contribution is 2.29. The van der Waals surface area contributed by atoms with E-state index in [-0.39, 0.29) is 12.6 Å². The van der Waals surface area contributed by atoms with Crippen molar-refractivity contribution in [1.82, 2.24) is 0 Å². The fourth-order valence-corrected chi connectivity index (χ4v) is 1.64. The van der Waals surface area contributed by atoms with Gasteiger partial charge in [-0.15, -0.1) is 0 Å². The van der Waals surface area contributed by atoms with Gasteiger partial charge >= 0.3 is 0 Å². The second kappa shape index (κ2) is 3.24. The Bertz CT molecular complexity index is 295. The van der Waals surface area contributed by atoms with Crippen LogP contribution < -0.4 is 10.6 Å². The van der Waals surface area contributed by atoms with Crippen molar-refractivity contribution in [2.75, 3.05) is 30.4 Å². The molecule has 0 radical (unpaired) electrons. The summed E-state index contributed by atoms with van der Waals surface area (Å²) < 4.78 is 12.2. The van der Waals surface area contributed by atoms with Crippen molar-refractivity contribution in [3.63, 3.8) is 0 Å². The molecule has 1 heterocycles. The van der Waals surface area contributed by atoms with Gasteiger partial charge in [-0.3, -0.25) is 4.39 Å². The maximum absolute atomic E-state index is 12.2. The molecule has 2 nitrogen and oxygen atoms in total. The number of halogens is 1. The molecule has 1 fully saturated rings. The molecule has 1 aliphatic heterocycles. The molecule has 0 amide bonds. The number of rotatable bonds is 2. The first-order valence-corrected chi connectivity index (χ1v) is 4.46. The van der Waals surface area contributed by atoms with E-state index in [0.29, 0.717) is 0 Å². The van der Waals surface area contributed by atoms with E-state index in [1.165, 1.54) is 0 Å². The summed E-state index contributed by atoms with van der Waals surface area (Å²) in [5.74, 6) is 0.208. The number of hydrogen-bond acceptors (Lipinski definition) is 2. The van der Waals surface area contributed by atoms with Crippen LogP contribution in [0, 0.1) is 5.92 Å². The minimum absolute atomic E-state index is 0.208. The first-order valence-electron chi connectivity index (χ1n) is 4.46. The molecule has 0 aromatic heterocycles. The molecule has 0 bridgehead atoms. The van der Waals surface area contributed by atoms with Crippen LogP contribution >= 0.6 is 0 Å². The highest BCUT2D eigenvalue weighted by molar-refractivity contribution is 5.68. The van der Waals surface area contributed by atoms with Crippen LogP contribution in [0.25, 0.3) is 0 Å². The first-order chi connectivity index (χ1) is 6.31. The molecule has 13 heavy (non-hydrogen) atoms. The summed E-state index contributed by atoms with van der Waals surface area (Å²) in [6, 6.07) is 7.71. The third kappa shape index (κ3) is 1.46. The standard InChI is InChI=1S/C10H13FN2/c11-5-8-6-13(7-8)10-4-2-1-3-9(10)12/h1-4,8H,5-7,12H2. The SMILES string of the molecule is Nc1ccccc1N1CC(CF)C1. The van der Waals surface area contributed by atoms with E-state index in [0.717, 1.165) is 24.5 Å². The molecule has 0 atom stereocenters. The lowest BCUT2D eigenvalue weighted by Crippen LogP contribution is -2.48. The van der Waals surface area contributed by atoms with Gasteiger partial charge in [-0.1, -0.05) is 12.1 Å². The van der Waals surface area contributed by atoms with E-state index in [9.17, 15) is 4.39 Å². The highest BCUT2D eigenvalue weighted by Gasteiger charge is 2.27. The maximum Gasteiger partial charge on any atom is 0.0956 e. The van der Waals surface area contributed by atoms with Crippen LogP contribution in [0.4, 0.5) is 15.8 Å². The van der Waals surface area contributed by atoms with Gasteiger partial charge in [-0.05, 0) is 12.1 Å². The smallest absolute Gasteiger partial charge is 0.0956 e. The highest BCUT2D eigenvalue weighted by atomic mass is 19.1. The summed E-state index contributed by atoms with van der Waals surface area (Å²) in [4.78, 5) is 2.11. The minimum atomic E-state index is -0.219. The Balaban J connectivity index is 2.07. The number of alkyl halides is 1. The average Bonchev–Trinajstić information content (AvgIpc) is 2.06. The lowest BCUT2D eigenvalue weighted by Gasteiger charge is -2.40. The largest absolute Gasteiger partial charge is 0.397 e. The van der Waals surface area contributed by atoms with Gasteiger partial charge in [0, 0.05) is 19.0 Å². The molecule has 0 spiro atoms. The second-order valence-corrected chi connectivity index (χ2v) is 3.48. The third-order valence-corrected chi connectivity index (χ3v) is 2.45. The van der Waals surface area contributed by atoms with Crippen molar-refractivity contribution in [2.45, 2.75) is 0 Å². The summed E-state index contributed by atoms with van der Waals surface area (Å²) >= 11 is 0. The van der Waals surface area contributed by atoms with E-state index in [2.05, 4.69) is 4.90 Å². The Hall–Kier alpha value is -1.25. The summed E-state index contributed by atoms with van der Waals surface area (Å²) in [5.41, 5.74) is 7.59. The van der Waals surface area contributed by atoms with Crippen LogP contribution in [0.1, 0.15) is 0 Å². The fraction of sp³-hybridized carbons (Fsp3) is 0.400. The zero-order valence-corrected chi connectivity index (χ0v) is 7.41. The van der Waals surface area contributed by atoms with Crippen LogP contribution in [-0.2, 0) is 0 Å². The number of benzene rings is 1. The Morgan fingerprint density at radius 1 is 1.38 bits per heavy atom. The quantitative estimate of drug-likeness (QED) is 0.701. The predicted octanol–water partition coefficient (Wildman–Crippen LogP) is 1.67. The van der Waals surface area contributed by atoms with Gasteiger partial charge in [0.1, 0.15) is 0 Å². The second-order valence-electron chi connectivity index (χ2n) is 3.48. The molecule has 1 aliphatic rings. The van der Waals surface area contributed by atoms with Crippen molar-refractivity contribution in [3.8, 4) is 0 Å². The summed E-state index contributed by atoms with van der Waals surface area (Å²) in [6.07, 6.45) is 0. The van der Waals surface area contributed by atoms with Gasteiger partial charge in [0.15, 0.2) is 0 Å². The average molecular weight is 180 g/mol. The molecule has 1 aromatic carbocycles. The molecule has 70 valence electrons. The van der Waals surface area contributed by atoms with Crippen LogP contribution in [0.3, 0.4) is 0 Å². The van der Waals surface area contributed by atoms with Crippen LogP contribution in [0.5, 0.6) is 0 Å². The molecule has 0 saturated carbocycles. The van der Waals surface area contributed by atoms with Crippen LogP contribution in [0.2, 0.25) is 0 Å². The van der Waals surface area contributed by atoms with Crippen molar-refractivity contribution in [1.29, 1.82) is 0 Å². The van der Waals surface area contributed by atoms with Crippen molar-refractivity contribution in [2.24, 2.45) is 5.92 Å². The van der Waals surface area contributed by atoms with E-state index in [1.807, 2.05) is 24.3 Å². The Morgan fingerprint density at radius 3 is 2.69 bits per heavy atom. The number of para-hydroxylation sites is 2. The van der Waals surface area contributed by atoms with Gasteiger partial charge in [0.05, 0.1) is 18.0 Å². The minimum Gasteiger partial charge on any atom is -0.397 e. The topological polar surface area (TPSA) is 29.3 Å². The molecule has 1 aromatic rings. The van der Waals surface area contributed by atoms with E-state index >= 15 is 0 Å². The Morgan fingerprint density at radius 2 is 2.08 bits per heavy atom. The molecule has 3 heteroatoms. The van der Waals surface area contributed by atoms with E-state index in [4.69, 9.17) is 5.73 Å².